The van der Waals surface area contributed by atoms with Crippen LogP contribution in [0.5, 0.6) is 0 Å². The van der Waals surface area contributed by atoms with E-state index in [0.29, 0.717) is 32.7 Å². The summed E-state index contributed by atoms with van der Waals surface area (Å²) < 4.78 is 50.5. The molecule has 0 aliphatic carbocycles. The van der Waals surface area contributed by atoms with Gasteiger partial charge in [0.05, 0.1) is 12.2 Å². The van der Waals surface area contributed by atoms with Crippen LogP contribution in [-0.2, 0) is 4.79 Å². The number of alkyl halides is 3. The molecule has 134 valence electrons. The maximum Gasteiger partial charge on any atom is 0.401 e. The van der Waals surface area contributed by atoms with Gasteiger partial charge in [0, 0.05) is 44.2 Å². The van der Waals surface area contributed by atoms with Crippen molar-refractivity contribution >= 4 is 23.2 Å². The molecule has 0 saturated carbocycles. The second kappa shape index (κ2) is 8.13. The van der Waals surface area contributed by atoms with Crippen molar-refractivity contribution in [2.24, 2.45) is 0 Å². The molecule has 9 heteroatoms. The Labute approximate surface area is 142 Å². The first-order valence-electron chi connectivity index (χ1n) is 7.49. The first kappa shape index (κ1) is 19.0. The number of halogens is 5. The fraction of sp³-hybridized carbons (Fsp3) is 0.533. The van der Waals surface area contributed by atoms with Gasteiger partial charge in [-0.25, -0.2) is 4.39 Å². The van der Waals surface area contributed by atoms with E-state index in [-0.39, 0.29) is 23.0 Å². The maximum atomic E-state index is 13.6. The molecule has 1 fully saturated rings. The van der Waals surface area contributed by atoms with Crippen LogP contribution in [0.1, 0.15) is 6.42 Å². The van der Waals surface area contributed by atoms with Crippen LogP contribution in [0, 0.1) is 5.82 Å². The van der Waals surface area contributed by atoms with Crippen molar-refractivity contribution in [1.82, 2.24) is 9.80 Å². The van der Waals surface area contributed by atoms with Crippen LogP contribution in [0.15, 0.2) is 18.2 Å². The summed E-state index contributed by atoms with van der Waals surface area (Å²) in [5.41, 5.74) is 0.0550. The topological polar surface area (TPSA) is 35.6 Å². The van der Waals surface area contributed by atoms with Crippen LogP contribution >= 0.6 is 11.6 Å². The standard InChI is InChI=1S/C15H18ClF4N3O/c16-11-1-2-13(12(17)9-11)21-14(24)3-4-22-5-7-23(8-6-22)10-15(18,19)20/h1-2,9H,3-8,10H2,(H,21,24). The van der Waals surface area contributed by atoms with Crippen LogP contribution in [-0.4, -0.2) is 61.2 Å². The lowest BCUT2D eigenvalue weighted by atomic mass is 10.2. The zero-order valence-corrected chi connectivity index (χ0v) is 13.6. The highest BCUT2D eigenvalue weighted by molar-refractivity contribution is 6.30. The fourth-order valence-corrected chi connectivity index (χ4v) is 2.65. The van der Waals surface area contributed by atoms with Crippen molar-refractivity contribution in [1.29, 1.82) is 0 Å². The van der Waals surface area contributed by atoms with Crippen LogP contribution in [0.25, 0.3) is 0 Å². The van der Waals surface area contributed by atoms with Gasteiger partial charge in [0.1, 0.15) is 5.82 Å². The summed E-state index contributed by atoms with van der Waals surface area (Å²) in [5, 5.41) is 2.70. The number of benzene rings is 1. The summed E-state index contributed by atoms with van der Waals surface area (Å²) in [7, 11) is 0. The lowest BCUT2D eigenvalue weighted by molar-refractivity contribution is -0.149. The fourth-order valence-electron chi connectivity index (χ4n) is 2.49. The van der Waals surface area contributed by atoms with Crippen LogP contribution < -0.4 is 5.32 Å². The number of anilines is 1. The molecule has 24 heavy (non-hydrogen) atoms. The minimum Gasteiger partial charge on any atom is -0.324 e. The molecule has 0 unspecified atom stereocenters. The van der Waals surface area contributed by atoms with Gasteiger partial charge in [0.25, 0.3) is 0 Å². The van der Waals surface area contributed by atoms with E-state index in [1.165, 1.54) is 17.0 Å². The number of piperazine rings is 1. The average Bonchev–Trinajstić information content (AvgIpc) is 2.48. The number of hydrogen-bond acceptors (Lipinski definition) is 3. The third-order valence-electron chi connectivity index (χ3n) is 3.73. The van der Waals surface area contributed by atoms with Crippen molar-refractivity contribution < 1.29 is 22.4 Å². The molecule has 1 aliphatic rings. The van der Waals surface area contributed by atoms with Gasteiger partial charge in [-0.3, -0.25) is 9.69 Å². The molecule has 0 radical (unpaired) electrons. The molecule has 0 bridgehead atoms. The van der Waals surface area contributed by atoms with E-state index in [9.17, 15) is 22.4 Å². The highest BCUT2D eigenvalue weighted by Crippen LogP contribution is 2.19. The predicted octanol–water partition coefficient (Wildman–Crippen LogP) is 2.99. The Morgan fingerprint density at radius 1 is 1.17 bits per heavy atom. The number of carbonyl (C=O) groups excluding carboxylic acids is 1. The quantitative estimate of drug-likeness (QED) is 0.813. The van der Waals surface area contributed by atoms with Crippen LogP contribution in [0.2, 0.25) is 5.02 Å². The van der Waals surface area contributed by atoms with Crippen molar-refractivity contribution in [3.8, 4) is 0 Å². The number of hydrogen-bond donors (Lipinski definition) is 1. The summed E-state index contributed by atoms with van der Waals surface area (Å²) >= 11 is 5.63. The SMILES string of the molecule is O=C(CCN1CCN(CC(F)(F)F)CC1)Nc1ccc(Cl)cc1F. The third kappa shape index (κ3) is 6.26. The minimum atomic E-state index is -4.19. The summed E-state index contributed by atoms with van der Waals surface area (Å²) in [6, 6.07) is 3.96. The molecule has 1 amide bonds. The first-order chi connectivity index (χ1) is 11.2. The summed E-state index contributed by atoms with van der Waals surface area (Å²) in [6.45, 7) is 1.08. The van der Waals surface area contributed by atoms with E-state index in [2.05, 4.69) is 5.32 Å². The van der Waals surface area contributed by atoms with Crippen LogP contribution in [0.4, 0.5) is 23.2 Å². The Morgan fingerprint density at radius 2 is 1.79 bits per heavy atom. The smallest absolute Gasteiger partial charge is 0.324 e. The normalized spacial score (nSPS) is 17.0. The zero-order valence-electron chi connectivity index (χ0n) is 12.9. The molecule has 1 saturated heterocycles. The number of amides is 1. The van der Waals surface area contributed by atoms with E-state index < -0.39 is 18.5 Å². The molecule has 0 spiro atoms. The predicted molar refractivity (Wildman–Crippen MR) is 83.6 cm³/mol. The summed E-state index contributed by atoms with van der Waals surface area (Å²) in [5.74, 6) is -0.967. The molecule has 1 aliphatic heterocycles. The average molecular weight is 368 g/mol. The molecule has 1 N–H and O–H groups in total. The van der Waals surface area contributed by atoms with E-state index >= 15 is 0 Å². The third-order valence-corrected chi connectivity index (χ3v) is 3.96. The van der Waals surface area contributed by atoms with Gasteiger partial charge in [0.2, 0.25) is 5.91 Å². The van der Waals surface area contributed by atoms with Crippen molar-refractivity contribution in [2.45, 2.75) is 12.6 Å². The molecule has 1 heterocycles. The Kier molecular flexibility index (Phi) is 6.42. The largest absolute Gasteiger partial charge is 0.401 e. The van der Waals surface area contributed by atoms with E-state index in [0.717, 1.165) is 6.07 Å². The lowest BCUT2D eigenvalue weighted by Gasteiger charge is -2.34. The van der Waals surface area contributed by atoms with Crippen LogP contribution in [0.3, 0.4) is 0 Å². The second-order valence-corrected chi connectivity index (χ2v) is 6.09. The minimum absolute atomic E-state index is 0.0550. The molecule has 0 aromatic heterocycles. The highest BCUT2D eigenvalue weighted by Gasteiger charge is 2.32. The summed E-state index contributed by atoms with van der Waals surface area (Å²) in [6.07, 6.45) is -4.05. The van der Waals surface area contributed by atoms with Gasteiger partial charge >= 0.3 is 6.18 Å². The van der Waals surface area contributed by atoms with Crippen molar-refractivity contribution in [3.05, 3.63) is 29.0 Å². The number of nitrogens with zero attached hydrogens (tertiary/aromatic N) is 2. The molecule has 2 rings (SSSR count). The number of carbonyl (C=O) groups is 1. The molecular formula is C15H18ClF4N3O. The number of nitrogens with one attached hydrogen (secondary N) is 1. The highest BCUT2D eigenvalue weighted by atomic mass is 35.5. The molecule has 4 nitrogen and oxygen atoms in total. The van der Waals surface area contributed by atoms with Gasteiger partial charge < -0.3 is 10.2 Å². The van der Waals surface area contributed by atoms with Crippen molar-refractivity contribution in [2.75, 3.05) is 44.6 Å². The zero-order chi connectivity index (χ0) is 17.7. The lowest BCUT2D eigenvalue weighted by Crippen LogP contribution is -2.49. The van der Waals surface area contributed by atoms with Gasteiger partial charge in [-0.15, -0.1) is 0 Å². The molecular weight excluding hydrogens is 350 g/mol. The monoisotopic (exact) mass is 367 g/mol. The van der Waals surface area contributed by atoms with E-state index in [1.54, 1.807) is 0 Å². The maximum absolute atomic E-state index is 13.6. The van der Waals surface area contributed by atoms with Crippen molar-refractivity contribution in [3.63, 3.8) is 0 Å². The first-order valence-corrected chi connectivity index (χ1v) is 7.87. The van der Waals surface area contributed by atoms with Gasteiger partial charge in [-0.1, -0.05) is 11.6 Å². The van der Waals surface area contributed by atoms with E-state index in [4.69, 9.17) is 11.6 Å². The van der Waals surface area contributed by atoms with Gasteiger partial charge in [0.15, 0.2) is 0 Å². The Bertz CT molecular complexity index is 574. The number of rotatable bonds is 5. The Balaban J connectivity index is 1.71. The molecule has 0 atom stereocenters. The molecule has 1 aromatic rings. The second-order valence-electron chi connectivity index (χ2n) is 5.66. The van der Waals surface area contributed by atoms with E-state index in [1.807, 2.05) is 4.90 Å². The van der Waals surface area contributed by atoms with Gasteiger partial charge in [-0.2, -0.15) is 13.2 Å². The Morgan fingerprint density at radius 3 is 2.38 bits per heavy atom. The Hall–Kier alpha value is -1.38. The molecule has 1 aromatic carbocycles. The van der Waals surface area contributed by atoms with Gasteiger partial charge in [-0.05, 0) is 18.2 Å². The summed E-state index contributed by atoms with van der Waals surface area (Å²) in [4.78, 5) is 15.1.